The van der Waals surface area contributed by atoms with Crippen molar-refractivity contribution in [1.82, 2.24) is 5.32 Å². The van der Waals surface area contributed by atoms with Crippen LogP contribution in [0.2, 0.25) is 0 Å². The highest BCUT2D eigenvalue weighted by Crippen LogP contribution is 2.36. The van der Waals surface area contributed by atoms with E-state index in [0.29, 0.717) is 12.0 Å². The van der Waals surface area contributed by atoms with Crippen molar-refractivity contribution in [1.29, 1.82) is 0 Å². The third-order valence-corrected chi connectivity index (χ3v) is 3.14. The van der Waals surface area contributed by atoms with Gasteiger partial charge in [0.25, 0.3) is 0 Å². The van der Waals surface area contributed by atoms with Gasteiger partial charge in [0.2, 0.25) is 0 Å². The fourth-order valence-corrected chi connectivity index (χ4v) is 2.04. The normalized spacial score (nSPS) is 13.5. The van der Waals surface area contributed by atoms with Crippen molar-refractivity contribution in [3.05, 3.63) is 46.5 Å². The Morgan fingerprint density at radius 1 is 1.47 bits per heavy atom. The van der Waals surface area contributed by atoms with Gasteiger partial charge in [0.05, 0.1) is 5.56 Å². The standard InChI is InChI=1S/C12H13BrF3N/c1-3-4-11(17-2)8-5-6-10(13)9(7-8)12(14,15)16/h3,5-7,11,17H,1,4H2,2H3. The van der Waals surface area contributed by atoms with Crippen molar-refractivity contribution in [2.45, 2.75) is 18.6 Å². The van der Waals surface area contributed by atoms with Gasteiger partial charge in [-0.1, -0.05) is 28.1 Å². The monoisotopic (exact) mass is 307 g/mol. The Morgan fingerprint density at radius 2 is 2.12 bits per heavy atom. The summed E-state index contributed by atoms with van der Waals surface area (Å²) in [6.07, 6.45) is -2.09. The summed E-state index contributed by atoms with van der Waals surface area (Å²) in [6, 6.07) is 4.10. The molecule has 0 fully saturated rings. The minimum atomic E-state index is -4.35. The van der Waals surface area contributed by atoms with Crippen LogP contribution >= 0.6 is 15.9 Å². The van der Waals surface area contributed by atoms with Gasteiger partial charge in [0.15, 0.2) is 0 Å². The highest BCUT2D eigenvalue weighted by molar-refractivity contribution is 9.10. The lowest BCUT2D eigenvalue weighted by atomic mass is 10.0. The molecule has 0 aliphatic heterocycles. The van der Waals surface area contributed by atoms with Gasteiger partial charge in [0, 0.05) is 10.5 Å². The molecule has 0 spiro atoms. The molecule has 17 heavy (non-hydrogen) atoms. The molecular weight excluding hydrogens is 295 g/mol. The Bertz CT molecular complexity index is 401. The second-order valence-electron chi connectivity index (χ2n) is 3.60. The zero-order valence-corrected chi connectivity index (χ0v) is 10.9. The molecule has 0 bridgehead atoms. The molecule has 0 radical (unpaired) electrons. The lowest BCUT2D eigenvalue weighted by molar-refractivity contribution is -0.138. The smallest absolute Gasteiger partial charge is 0.313 e. The van der Waals surface area contributed by atoms with Crippen LogP contribution in [0.3, 0.4) is 0 Å². The van der Waals surface area contributed by atoms with Crippen molar-refractivity contribution >= 4 is 15.9 Å². The molecule has 1 aromatic rings. The maximum Gasteiger partial charge on any atom is 0.417 e. The van der Waals surface area contributed by atoms with Crippen LogP contribution in [0.4, 0.5) is 13.2 Å². The zero-order chi connectivity index (χ0) is 13.1. The quantitative estimate of drug-likeness (QED) is 0.818. The molecule has 0 amide bonds. The van der Waals surface area contributed by atoms with Crippen LogP contribution in [0.15, 0.2) is 35.3 Å². The first-order chi connectivity index (χ1) is 7.90. The summed E-state index contributed by atoms with van der Waals surface area (Å²) < 4.78 is 38.2. The van der Waals surface area contributed by atoms with E-state index in [1.807, 2.05) is 0 Å². The number of hydrogen-bond acceptors (Lipinski definition) is 1. The van der Waals surface area contributed by atoms with Gasteiger partial charge < -0.3 is 5.32 Å². The summed E-state index contributed by atoms with van der Waals surface area (Å²) >= 11 is 2.92. The molecule has 0 heterocycles. The van der Waals surface area contributed by atoms with Crippen LogP contribution in [-0.2, 0) is 6.18 Å². The molecule has 0 saturated heterocycles. The van der Waals surface area contributed by atoms with Crippen LogP contribution in [0.25, 0.3) is 0 Å². The Morgan fingerprint density at radius 3 is 2.59 bits per heavy atom. The Labute approximate surface area is 107 Å². The third kappa shape index (κ3) is 3.57. The highest BCUT2D eigenvalue weighted by atomic mass is 79.9. The molecule has 1 nitrogen and oxygen atoms in total. The van der Waals surface area contributed by atoms with Crippen LogP contribution in [0.5, 0.6) is 0 Å². The van der Waals surface area contributed by atoms with E-state index in [0.717, 1.165) is 6.07 Å². The maximum absolute atomic E-state index is 12.7. The summed E-state index contributed by atoms with van der Waals surface area (Å²) in [6.45, 7) is 3.59. The summed E-state index contributed by atoms with van der Waals surface area (Å²) in [5, 5.41) is 2.96. The molecule has 1 rings (SSSR count). The molecule has 0 aliphatic rings. The Balaban J connectivity index is 3.15. The first-order valence-corrected chi connectivity index (χ1v) is 5.84. The van der Waals surface area contributed by atoms with E-state index < -0.39 is 11.7 Å². The van der Waals surface area contributed by atoms with Gasteiger partial charge in [0.1, 0.15) is 0 Å². The second kappa shape index (κ2) is 5.69. The van der Waals surface area contributed by atoms with E-state index in [4.69, 9.17) is 0 Å². The van der Waals surface area contributed by atoms with Gasteiger partial charge in [-0.25, -0.2) is 0 Å². The van der Waals surface area contributed by atoms with E-state index in [-0.39, 0.29) is 10.5 Å². The van der Waals surface area contributed by atoms with Crippen LogP contribution in [-0.4, -0.2) is 7.05 Å². The van der Waals surface area contributed by atoms with E-state index in [1.54, 1.807) is 19.2 Å². The zero-order valence-electron chi connectivity index (χ0n) is 9.31. The SMILES string of the molecule is C=CCC(NC)c1ccc(Br)c(C(F)(F)F)c1. The summed E-state index contributed by atoms with van der Waals surface area (Å²) in [7, 11) is 1.71. The van der Waals surface area contributed by atoms with Gasteiger partial charge in [-0.2, -0.15) is 13.2 Å². The molecular formula is C12H13BrF3N. The summed E-state index contributed by atoms with van der Waals surface area (Å²) in [5.41, 5.74) is -0.0535. The van der Waals surface area contributed by atoms with Crippen molar-refractivity contribution < 1.29 is 13.2 Å². The molecule has 1 unspecified atom stereocenters. The number of alkyl halides is 3. The van der Waals surface area contributed by atoms with Gasteiger partial charge >= 0.3 is 6.18 Å². The number of benzene rings is 1. The van der Waals surface area contributed by atoms with Crippen LogP contribution in [0, 0.1) is 0 Å². The van der Waals surface area contributed by atoms with Crippen molar-refractivity contribution in [3.63, 3.8) is 0 Å². The largest absolute Gasteiger partial charge is 0.417 e. The summed E-state index contributed by atoms with van der Waals surface area (Å²) in [4.78, 5) is 0. The van der Waals surface area contributed by atoms with Gasteiger partial charge in [-0.05, 0) is 31.2 Å². The second-order valence-corrected chi connectivity index (χ2v) is 4.46. The fraction of sp³-hybridized carbons (Fsp3) is 0.333. The van der Waals surface area contributed by atoms with Gasteiger partial charge in [-0.15, -0.1) is 6.58 Å². The number of halogens is 4. The van der Waals surface area contributed by atoms with E-state index in [9.17, 15) is 13.2 Å². The van der Waals surface area contributed by atoms with Crippen LogP contribution < -0.4 is 5.32 Å². The summed E-state index contributed by atoms with van der Waals surface area (Å²) in [5.74, 6) is 0. The predicted octanol–water partition coefficient (Wildman–Crippen LogP) is 4.30. The Kier molecular flexibility index (Phi) is 4.77. The van der Waals surface area contributed by atoms with Crippen molar-refractivity contribution in [2.24, 2.45) is 0 Å². The molecule has 1 N–H and O–H groups in total. The molecule has 5 heteroatoms. The molecule has 1 aromatic carbocycles. The molecule has 0 aromatic heterocycles. The first-order valence-electron chi connectivity index (χ1n) is 5.05. The predicted molar refractivity (Wildman–Crippen MR) is 65.8 cm³/mol. The number of rotatable bonds is 4. The molecule has 1 atom stereocenters. The van der Waals surface area contributed by atoms with Crippen molar-refractivity contribution in [2.75, 3.05) is 7.05 Å². The lowest BCUT2D eigenvalue weighted by Gasteiger charge is -2.17. The van der Waals surface area contributed by atoms with E-state index >= 15 is 0 Å². The lowest BCUT2D eigenvalue weighted by Crippen LogP contribution is -2.17. The van der Waals surface area contributed by atoms with Crippen LogP contribution in [0.1, 0.15) is 23.6 Å². The minimum Gasteiger partial charge on any atom is -0.313 e. The molecule has 0 saturated carbocycles. The molecule has 94 valence electrons. The fourth-order valence-electron chi connectivity index (χ4n) is 1.56. The average Bonchev–Trinajstić information content (AvgIpc) is 2.25. The average molecular weight is 308 g/mol. The van der Waals surface area contributed by atoms with E-state index in [1.165, 1.54) is 6.07 Å². The molecule has 0 aliphatic carbocycles. The van der Waals surface area contributed by atoms with Crippen molar-refractivity contribution in [3.8, 4) is 0 Å². The number of hydrogen-bond donors (Lipinski definition) is 1. The third-order valence-electron chi connectivity index (χ3n) is 2.45. The van der Waals surface area contributed by atoms with E-state index in [2.05, 4.69) is 27.8 Å². The minimum absolute atomic E-state index is 0.0576. The topological polar surface area (TPSA) is 12.0 Å². The highest BCUT2D eigenvalue weighted by Gasteiger charge is 2.33. The first kappa shape index (κ1) is 14.3. The Hall–Kier alpha value is -0.810. The maximum atomic E-state index is 12.7. The number of nitrogens with one attached hydrogen (secondary N) is 1. The van der Waals surface area contributed by atoms with Gasteiger partial charge in [-0.3, -0.25) is 0 Å².